The smallest absolute Gasteiger partial charge is 0.119 e. The summed E-state index contributed by atoms with van der Waals surface area (Å²) in [6.07, 6.45) is 1.44. The summed E-state index contributed by atoms with van der Waals surface area (Å²) >= 11 is 0. The second kappa shape index (κ2) is 10.4. The molecule has 0 aliphatic rings. The number of methoxy groups -OCH3 is 1. The zero-order chi connectivity index (χ0) is 15.5. The van der Waals surface area contributed by atoms with Gasteiger partial charge in [-0.2, -0.15) is 0 Å². The highest BCUT2D eigenvalue weighted by Crippen LogP contribution is 2.16. The summed E-state index contributed by atoms with van der Waals surface area (Å²) in [5.41, 5.74) is 0. The summed E-state index contributed by atoms with van der Waals surface area (Å²) in [4.78, 5) is 0. The lowest BCUT2D eigenvalue weighted by Gasteiger charge is -2.14. The lowest BCUT2D eigenvalue weighted by atomic mass is 10.1. The summed E-state index contributed by atoms with van der Waals surface area (Å²) in [7, 11) is 1.62. The summed E-state index contributed by atoms with van der Waals surface area (Å²) in [5.74, 6) is 1.84. The second-order valence-electron chi connectivity index (χ2n) is 5.27. The molecule has 1 rings (SSSR count). The van der Waals surface area contributed by atoms with E-state index in [4.69, 9.17) is 14.6 Å². The minimum atomic E-state index is -0.539. The van der Waals surface area contributed by atoms with Crippen LogP contribution in [0.5, 0.6) is 11.5 Å². The van der Waals surface area contributed by atoms with Crippen molar-refractivity contribution in [2.24, 2.45) is 5.92 Å². The van der Waals surface area contributed by atoms with E-state index in [1.165, 1.54) is 0 Å². The highest BCUT2D eigenvalue weighted by atomic mass is 16.5. The van der Waals surface area contributed by atoms with Gasteiger partial charge in [-0.05, 0) is 49.6 Å². The highest BCUT2D eigenvalue weighted by Gasteiger charge is 2.05. The van der Waals surface area contributed by atoms with Gasteiger partial charge < -0.3 is 25.0 Å². The van der Waals surface area contributed by atoms with Crippen LogP contribution >= 0.6 is 0 Å². The molecular formula is C16H27NO4. The molecule has 21 heavy (non-hydrogen) atoms. The van der Waals surface area contributed by atoms with Crippen LogP contribution in [0.15, 0.2) is 24.3 Å². The van der Waals surface area contributed by atoms with Crippen LogP contribution in [-0.2, 0) is 0 Å². The molecule has 0 spiro atoms. The van der Waals surface area contributed by atoms with E-state index >= 15 is 0 Å². The van der Waals surface area contributed by atoms with E-state index in [2.05, 4.69) is 5.32 Å². The Kier molecular flexibility index (Phi) is 8.82. The van der Waals surface area contributed by atoms with Gasteiger partial charge in [-0.25, -0.2) is 0 Å². The van der Waals surface area contributed by atoms with Crippen LogP contribution in [0, 0.1) is 5.92 Å². The topological polar surface area (TPSA) is 71.0 Å². The quantitative estimate of drug-likeness (QED) is 0.539. The van der Waals surface area contributed by atoms with Crippen molar-refractivity contribution in [3.8, 4) is 11.5 Å². The summed E-state index contributed by atoms with van der Waals surface area (Å²) < 4.78 is 10.6. The van der Waals surface area contributed by atoms with Crippen molar-refractivity contribution in [1.29, 1.82) is 0 Å². The number of hydrogen-bond donors (Lipinski definition) is 3. The number of aliphatic hydroxyl groups excluding tert-OH is 2. The van der Waals surface area contributed by atoms with Gasteiger partial charge in [0.15, 0.2) is 0 Å². The van der Waals surface area contributed by atoms with E-state index in [1.807, 2.05) is 31.2 Å². The van der Waals surface area contributed by atoms with Gasteiger partial charge in [0.05, 0.1) is 7.11 Å². The molecule has 2 atom stereocenters. The average Bonchev–Trinajstić information content (AvgIpc) is 2.52. The first kappa shape index (κ1) is 17.8. The van der Waals surface area contributed by atoms with Crippen LogP contribution in [0.3, 0.4) is 0 Å². The minimum absolute atomic E-state index is 0.234. The molecule has 1 aromatic carbocycles. The van der Waals surface area contributed by atoms with Gasteiger partial charge in [-0.1, -0.05) is 6.92 Å². The molecule has 5 nitrogen and oxygen atoms in total. The van der Waals surface area contributed by atoms with Crippen molar-refractivity contribution < 1.29 is 19.7 Å². The van der Waals surface area contributed by atoms with E-state index in [0.29, 0.717) is 18.2 Å². The molecule has 0 aliphatic carbocycles. The summed E-state index contributed by atoms with van der Waals surface area (Å²) in [6.45, 7) is 3.86. The van der Waals surface area contributed by atoms with Crippen LogP contribution < -0.4 is 14.8 Å². The maximum Gasteiger partial charge on any atom is 0.119 e. The Labute approximate surface area is 126 Å². The van der Waals surface area contributed by atoms with Crippen molar-refractivity contribution in [3.05, 3.63) is 24.3 Å². The highest BCUT2D eigenvalue weighted by molar-refractivity contribution is 5.31. The molecule has 0 bridgehead atoms. The molecule has 5 heteroatoms. The van der Waals surface area contributed by atoms with Crippen molar-refractivity contribution in [2.45, 2.75) is 25.9 Å². The van der Waals surface area contributed by atoms with Crippen LogP contribution in [0.2, 0.25) is 0 Å². The van der Waals surface area contributed by atoms with Crippen molar-refractivity contribution in [3.63, 3.8) is 0 Å². The molecule has 2 unspecified atom stereocenters. The van der Waals surface area contributed by atoms with Gasteiger partial charge in [0.1, 0.15) is 24.2 Å². The van der Waals surface area contributed by atoms with Crippen LogP contribution in [0.1, 0.15) is 19.8 Å². The lowest BCUT2D eigenvalue weighted by Crippen LogP contribution is -2.32. The Hall–Kier alpha value is -1.30. The standard InChI is InChI=1S/C16H27NO4/c1-13(11-18)4-3-9-17-10-14(19)12-21-16-7-5-15(20-2)6-8-16/h5-8,13-14,17-19H,3-4,9-12H2,1-2H3. The van der Waals surface area contributed by atoms with E-state index in [9.17, 15) is 5.11 Å². The minimum Gasteiger partial charge on any atom is -0.497 e. The predicted molar refractivity (Wildman–Crippen MR) is 82.8 cm³/mol. The third kappa shape index (κ3) is 7.90. The Morgan fingerprint density at radius 1 is 1.19 bits per heavy atom. The van der Waals surface area contributed by atoms with Gasteiger partial charge >= 0.3 is 0 Å². The van der Waals surface area contributed by atoms with Crippen LogP contribution in [0.25, 0.3) is 0 Å². The van der Waals surface area contributed by atoms with E-state index in [0.717, 1.165) is 25.1 Å². The average molecular weight is 297 g/mol. The first-order valence-electron chi connectivity index (χ1n) is 7.42. The second-order valence-corrected chi connectivity index (χ2v) is 5.27. The molecule has 0 aliphatic heterocycles. The molecule has 0 radical (unpaired) electrons. The van der Waals surface area contributed by atoms with Crippen LogP contribution in [-0.4, -0.2) is 49.7 Å². The molecule has 0 saturated heterocycles. The molecule has 0 heterocycles. The van der Waals surface area contributed by atoms with Gasteiger partial charge in [0.2, 0.25) is 0 Å². The van der Waals surface area contributed by atoms with Gasteiger partial charge in [0, 0.05) is 13.2 Å². The summed E-state index contributed by atoms with van der Waals surface area (Å²) in [6, 6.07) is 7.27. The first-order valence-corrected chi connectivity index (χ1v) is 7.42. The van der Waals surface area contributed by atoms with Crippen molar-refractivity contribution in [2.75, 3.05) is 33.4 Å². The lowest BCUT2D eigenvalue weighted by molar-refractivity contribution is 0.106. The zero-order valence-electron chi connectivity index (χ0n) is 12.9. The molecule has 0 aromatic heterocycles. The fourth-order valence-corrected chi connectivity index (χ4v) is 1.86. The Morgan fingerprint density at radius 3 is 2.48 bits per heavy atom. The van der Waals surface area contributed by atoms with Crippen molar-refractivity contribution in [1.82, 2.24) is 5.32 Å². The van der Waals surface area contributed by atoms with E-state index < -0.39 is 6.10 Å². The Balaban J connectivity index is 2.09. The maximum absolute atomic E-state index is 9.81. The van der Waals surface area contributed by atoms with Gasteiger partial charge in [0.25, 0.3) is 0 Å². The van der Waals surface area contributed by atoms with Gasteiger partial charge in [-0.15, -0.1) is 0 Å². The number of aliphatic hydroxyl groups is 2. The monoisotopic (exact) mass is 297 g/mol. The van der Waals surface area contributed by atoms with E-state index in [1.54, 1.807) is 7.11 Å². The fourth-order valence-electron chi connectivity index (χ4n) is 1.86. The first-order chi connectivity index (χ1) is 10.2. The summed E-state index contributed by atoms with van der Waals surface area (Å²) in [5, 5.41) is 21.9. The molecule has 3 N–H and O–H groups in total. The molecule has 0 saturated carbocycles. The normalized spacial score (nSPS) is 13.7. The number of nitrogens with one attached hydrogen (secondary N) is 1. The molecule has 1 aromatic rings. The third-order valence-electron chi connectivity index (χ3n) is 3.24. The number of benzene rings is 1. The zero-order valence-corrected chi connectivity index (χ0v) is 12.9. The SMILES string of the molecule is COc1ccc(OCC(O)CNCCCC(C)CO)cc1. The van der Waals surface area contributed by atoms with Crippen molar-refractivity contribution >= 4 is 0 Å². The number of rotatable bonds is 11. The van der Waals surface area contributed by atoms with Gasteiger partial charge in [-0.3, -0.25) is 0 Å². The fraction of sp³-hybridized carbons (Fsp3) is 0.625. The number of hydrogen-bond acceptors (Lipinski definition) is 5. The largest absolute Gasteiger partial charge is 0.497 e. The molecule has 120 valence electrons. The van der Waals surface area contributed by atoms with Crippen LogP contribution in [0.4, 0.5) is 0 Å². The van der Waals surface area contributed by atoms with E-state index in [-0.39, 0.29) is 13.2 Å². The Bertz CT molecular complexity index is 369. The molecule has 0 amide bonds. The predicted octanol–water partition coefficient (Wildman–Crippen LogP) is 1.43. The third-order valence-corrected chi connectivity index (χ3v) is 3.24. The molecule has 0 fully saturated rings. The molecular weight excluding hydrogens is 270 g/mol. The number of ether oxygens (including phenoxy) is 2. The maximum atomic E-state index is 9.81. The Morgan fingerprint density at radius 2 is 1.86 bits per heavy atom.